The summed E-state index contributed by atoms with van der Waals surface area (Å²) in [5, 5.41) is 6.74. The summed E-state index contributed by atoms with van der Waals surface area (Å²) in [6.45, 7) is 2.25. The minimum atomic E-state index is -0.178. The summed E-state index contributed by atoms with van der Waals surface area (Å²) in [5.41, 5.74) is 0.723. The molecule has 1 amide bonds. The van der Waals surface area contributed by atoms with Gasteiger partial charge in [-0.1, -0.05) is 42.4 Å². The Morgan fingerprint density at radius 2 is 2.11 bits per heavy atom. The first-order valence-electron chi connectivity index (χ1n) is 6.34. The monoisotopic (exact) mass is 257 g/mol. The molecule has 3 rings (SSSR count). The molecule has 1 aliphatic rings. The van der Waals surface area contributed by atoms with E-state index in [9.17, 15) is 4.79 Å². The smallest absolute Gasteiger partial charge is 0.246 e. The summed E-state index contributed by atoms with van der Waals surface area (Å²) in [4.78, 5) is 16.0. The van der Waals surface area contributed by atoms with Crippen molar-refractivity contribution in [3.8, 4) is 11.4 Å². The first-order valence-corrected chi connectivity index (χ1v) is 6.34. The molecule has 1 heterocycles. The van der Waals surface area contributed by atoms with Gasteiger partial charge in [0.1, 0.15) is 0 Å². The van der Waals surface area contributed by atoms with Crippen LogP contribution in [-0.2, 0) is 11.3 Å². The van der Waals surface area contributed by atoms with Crippen LogP contribution >= 0.6 is 0 Å². The van der Waals surface area contributed by atoms with E-state index in [1.54, 1.807) is 0 Å². The predicted octanol–water partition coefficient (Wildman–Crippen LogP) is 2.15. The summed E-state index contributed by atoms with van der Waals surface area (Å²) in [6, 6.07) is 9.60. The molecule has 5 nitrogen and oxygen atoms in total. The van der Waals surface area contributed by atoms with Gasteiger partial charge in [0.2, 0.25) is 17.6 Å². The van der Waals surface area contributed by atoms with E-state index in [-0.39, 0.29) is 17.9 Å². The van der Waals surface area contributed by atoms with Gasteiger partial charge in [0.25, 0.3) is 0 Å². The molecule has 0 aliphatic heterocycles. The third-order valence-electron chi connectivity index (χ3n) is 3.45. The quantitative estimate of drug-likeness (QED) is 0.911. The molecule has 1 aromatic heterocycles. The summed E-state index contributed by atoms with van der Waals surface area (Å²) in [7, 11) is 0. The predicted molar refractivity (Wildman–Crippen MR) is 68.9 cm³/mol. The number of amides is 1. The average molecular weight is 257 g/mol. The molecule has 0 unspecified atom stereocenters. The molecule has 98 valence electrons. The van der Waals surface area contributed by atoms with E-state index in [0.29, 0.717) is 11.7 Å². The van der Waals surface area contributed by atoms with E-state index >= 15 is 0 Å². The van der Waals surface area contributed by atoms with Crippen LogP contribution in [0.4, 0.5) is 0 Å². The van der Waals surface area contributed by atoms with E-state index in [4.69, 9.17) is 4.52 Å². The molecule has 0 atom stereocenters. The van der Waals surface area contributed by atoms with E-state index in [0.717, 1.165) is 18.4 Å². The summed E-state index contributed by atoms with van der Waals surface area (Å²) < 4.78 is 5.13. The minimum absolute atomic E-state index is 0.0620. The number of carbonyl (C=O) groups is 1. The second-order valence-electron chi connectivity index (χ2n) is 5.12. The van der Waals surface area contributed by atoms with Gasteiger partial charge in [-0.15, -0.1) is 0 Å². The topological polar surface area (TPSA) is 68.0 Å². The van der Waals surface area contributed by atoms with Crippen molar-refractivity contribution in [2.75, 3.05) is 0 Å². The minimum Gasteiger partial charge on any atom is -0.347 e. The number of nitrogens with zero attached hydrogens (tertiary/aromatic N) is 2. The lowest BCUT2D eigenvalue weighted by Crippen LogP contribution is -2.29. The molecule has 5 heteroatoms. The second kappa shape index (κ2) is 4.50. The van der Waals surface area contributed by atoms with Gasteiger partial charge in [0.05, 0.1) is 6.54 Å². The normalized spacial score (nSPS) is 16.1. The molecule has 1 aromatic carbocycles. The van der Waals surface area contributed by atoms with Crippen molar-refractivity contribution in [1.82, 2.24) is 15.5 Å². The largest absolute Gasteiger partial charge is 0.347 e. The lowest BCUT2D eigenvalue weighted by atomic mass is 10.1. The van der Waals surface area contributed by atoms with Crippen LogP contribution in [0.2, 0.25) is 0 Å². The van der Waals surface area contributed by atoms with Crippen LogP contribution in [0.3, 0.4) is 0 Å². The summed E-state index contributed by atoms with van der Waals surface area (Å²) >= 11 is 0. The first kappa shape index (κ1) is 11.9. The Bertz CT molecular complexity index is 588. The Balaban J connectivity index is 1.64. The molecular weight excluding hydrogens is 242 g/mol. The van der Waals surface area contributed by atoms with E-state index < -0.39 is 0 Å². The third-order valence-corrected chi connectivity index (χ3v) is 3.45. The van der Waals surface area contributed by atoms with Gasteiger partial charge in [-0.2, -0.15) is 4.98 Å². The van der Waals surface area contributed by atoms with Crippen LogP contribution in [0, 0.1) is 5.41 Å². The highest BCUT2D eigenvalue weighted by molar-refractivity contribution is 5.84. The molecule has 1 fully saturated rings. The van der Waals surface area contributed by atoms with Crippen LogP contribution in [0.5, 0.6) is 0 Å². The maximum absolute atomic E-state index is 11.8. The SMILES string of the molecule is CC1(C(=O)NCc2nc(-c3ccccc3)no2)CC1. The van der Waals surface area contributed by atoms with Crippen molar-refractivity contribution in [3.63, 3.8) is 0 Å². The maximum atomic E-state index is 11.8. The van der Waals surface area contributed by atoms with Crippen LogP contribution in [-0.4, -0.2) is 16.0 Å². The van der Waals surface area contributed by atoms with Crippen molar-refractivity contribution in [2.45, 2.75) is 26.3 Å². The highest BCUT2D eigenvalue weighted by atomic mass is 16.5. The standard InChI is InChI=1S/C14H15N3O2/c1-14(7-8-14)13(18)15-9-11-16-12(17-19-11)10-5-3-2-4-6-10/h2-6H,7-9H2,1H3,(H,15,18). The van der Waals surface area contributed by atoms with Crippen LogP contribution in [0.25, 0.3) is 11.4 Å². The number of hydrogen-bond acceptors (Lipinski definition) is 4. The summed E-state index contributed by atoms with van der Waals surface area (Å²) in [6.07, 6.45) is 1.91. The lowest BCUT2D eigenvalue weighted by molar-refractivity contribution is -0.126. The number of benzene rings is 1. The molecule has 0 spiro atoms. The van der Waals surface area contributed by atoms with Crippen LogP contribution in [0.1, 0.15) is 25.7 Å². The van der Waals surface area contributed by atoms with Crippen LogP contribution < -0.4 is 5.32 Å². The van der Waals surface area contributed by atoms with Gasteiger partial charge in [0.15, 0.2) is 0 Å². The number of aromatic nitrogens is 2. The Kier molecular flexibility index (Phi) is 2.81. The highest BCUT2D eigenvalue weighted by Gasteiger charge is 2.44. The van der Waals surface area contributed by atoms with Crippen molar-refractivity contribution in [3.05, 3.63) is 36.2 Å². The number of nitrogens with one attached hydrogen (secondary N) is 1. The fraction of sp³-hybridized carbons (Fsp3) is 0.357. The maximum Gasteiger partial charge on any atom is 0.246 e. The molecule has 1 N–H and O–H groups in total. The van der Waals surface area contributed by atoms with E-state index in [1.165, 1.54) is 0 Å². The molecular formula is C14H15N3O2. The number of carbonyl (C=O) groups excluding carboxylic acids is 1. The fourth-order valence-electron chi connectivity index (χ4n) is 1.81. The van der Waals surface area contributed by atoms with Gasteiger partial charge in [-0.3, -0.25) is 4.79 Å². The molecule has 0 radical (unpaired) electrons. The number of rotatable bonds is 4. The Labute approximate surface area is 111 Å². The zero-order chi connectivity index (χ0) is 13.3. The van der Waals surface area contributed by atoms with Crippen LogP contribution in [0.15, 0.2) is 34.9 Å². The zero-order valence-electron chi connectivity index (χ0n) is 10.7. The van der Waals surface area contributed by atoms with Gasteiger partial charge in [0, 0.05) is 11.0 Å². The molecule has 0 bridgehead atoms. The summed E-state index contributed by atoms with van der Waals surface area (Å²) in [5.74, 6) is 1.03. The van der Waals surface area contributed by atoms with Gasteiger partial charge in [-0.05, 0) is 12.8 Å². The second-order valence-corrected chi connectivity index (χ2v) is 5.12. The molecule has 0 saturated heterocycles. The van der Waals surface area contributed by atoms with Gasteiger partial charge >= 0.3 is 0 Å². The van der Waals surface area contributed by atoms with Gasteiger partial charge in [-0.25, -0.2) is 0 Å². The van der Waals surface area contributed by atoms with Crippen molar-refractivity contribution < 1.29 is 9.32 Å². The first-order chi connectivity index (χ1) is 9.17. The Morgan fingerprint density at radius 3 is 2.79 bits per heavy atom. The Hall–Kier alpha value is -2.17. The molecule has 19 heavy (non-hydrogen) atoms. The average Bonchev–Trinajstić information content (AvgIpc) is 3.03. The fourth-order valence-corrected chi connectivity index (χ4v) is 1.81. The Morgan fingerprint density at radius 1 is 1.37 bits per heavy atom. The van der Waals surface area contributed by atoms with Crippen molar-refractivity contribution in [2.24, 2.45) is 5.41 Å². The lowest BCUT2D eigenvalue weighted by Gasteiger charge is -2.06. The molecule has 1 aliphatic carbocycles. The third kappa shape index (κ3) is 2.50. The molecule has 1 saturated carbocycles. The van der Waals surface area contributed by atoms with Crippen molar-refractivity contribution in [1.29, 1.82) is 0 Å². The zero-order valence-corrected chi connectivity index (χ0v) is 10.7. The van der Waals surface area contributed by atoms with Gasteiger partial charge < -0.3 is 9.84 Å². The molecule has 2 aromatic rings. The highest BCUT2D eigenvalue weighted by Crippen LogP contribution is 2.44. The number of hydrogen-bond donors (Lipinski definition) is 1. The van der Waals surface area contributed by atoms with Crippen molar-refractivity contribution >= 4 is 5.91 Å². The van der Waals surface area contributed by atoms with E-state index in [2.05, 4.69) is 15.5 Å². The van der Waals surface area contributed by atoms with E-state index in [1.807, 2.05) is 37.3 Å².